The summed E-state index contributed by atoms with van der Waals surface area (Å²) in [6, 6.07) is 5.68. The van der Waals surface area contributed by atoms with E-state index in [-0.39, 0.29) is 24.4 Å². The van der Waals surface area contributed by atoms with Gasteiger partial charge in [0.2, 0.25) is 5.91 Å². The van der Waals surface area contributed by atoms with Gasteiger partial charge in [-0.25, -0.2) is 9.18 Å². The average molecular weight is 337 g/mol. The topological polar surface area (TPSA) is 70.7 Å². The van der Waals surface area contributed by atoms with E-state index in [1.165, 1.54) is 12.1 Å². The fourth-order valence-electron chi connectivity index (χ4n) is 2.44. The highest BCUT2D eigenvalue weighted by Gasteiger charge is 2.24. The molecule has 2 rings (SSSR count). The molecule has 6 nitrogen and oxygen atoms in total. The van der Waals surface area contributed by atoms with Crippen molar-refractivity contribution in [1.82, 2.24) is 15.5 Å². The van der Waals surface area contributed by atoms with E-state index in [1.54, 1.807) is 12.1 Å². The molecule has 1 unspecified atom stereocenters. The predicted molar refractivity (Wildman–Crippen MR) is 87.9 cm³/mol. The summed E-state index contributed by atoms with van der Waals surface area (Å²) in [5.41, 5.74) is 0.871. The number of halogens is 1. The molecule has 0 aromatic heterocycles. The van der Waals surface area contributed by atoms with Crippen LogP contribution in [0, 0.1) is 11.7 Å². The normalized spacial score (nSPS) is 18.4. The van der Waals surface area contributed by atoms with Gasteiger partial charge in [-0.05, 0) is 23.6 Å². The van der Waals surface area contributed by atoms with E-state index < -0.39 is 6.03 Å². The third kappa shape index (κ3) is 5.90. The number of morpholine rings is 1. The quantitative estimate of drug-likeness (QED) is 0.858. The molecule has 7 heteroatoms. The minimum absolute atomic E-state index is 0.121. The minimum atomic E-state index is -0.475. The Kier molecular flexibility index (Phi) is 6.69. The van der Waals surface area contributed by atoms with Crippen LogP contribution in [-0.2, 0) is 9.53 Å². The van der Waals surface area contributed by atoms with Gasteiger partial charge in [0.05, 0.1) is 19.3 Å². The van der Waals surface area contributed by atoms with E-state index in [0.29, 0.717) is 32.2 Å². The number of hydrogen-bond donors (Lipinski definition) is 2. The van der Waals surface area contributed by atoms with Crippen molar-refractivity contribution in [3.8, 4) is 0 Å². The van der Waals surface area contributed by atoms with Crippen LogP contribution in [0.4, 0.5) is 9.18 Å². The molecule has 1 heterocycles. The Morgan fingerprint density at radius 1 is 1.33 bits per heavy atom. The molecule has 1 aliphatic rings. The first-order valence-corrected chi connectivity index (χ1v) is 8.11. The molecule has 1 atom stereocenters. The number of hydrogen-bond acceptors (Lipinski definition) is 4. The first-order chi connectivity index (χ1) is 11.4. The van der Waals surface area contributed by atoms with Gasteiger partial charge in [-0.3, -0.25) is 15.0 Å². The van der Waals surface area contributed by atoms with Crippen molar-refractivity contribution in [3.05, 3.63) is 35.6 Å². The lowest BCUT2D eigenvalue weighted by Gasteiger charge is -2.32. The number of ether oxygens (including phenoxy) is 1. The number of benzene rings is 1. The van der Waals surface area contributed by atoms with Crippen molar-refractivity contribution in [1.29, 1.82) is 0 Å². The van der Waals surface area contributed by atoms with Gasteiger partial charge in [0.25, 0.3) is 0 Å². The zero-order valence-corrected chi connectivity index (χ0v) is 14.0. The number of carbonyl (C=O) groups excluding carboxylic acids is 2. The van der Waals surface area contributed by atoms with Gasteiger partial charge in [-0.1, -0.05) is 26.0 Å². The van der Waals surface area contributed by atoms with Gasteiger partial charge in [-0.2, -0.15) is 0 Å². The van der Waals surface area contributed by atoms with Gasteiger partial charge in [0.1, 0.15) is 5.82 Å². The van der Waals surface area contributed by atoms with Crippen molar-refractivity contribution in [3.63, 3.8) is 0 Å². The Bertz CT molecular complexity index is 563. The Morgan fingerprint density at radius 2 is 2.04 bits per heavy atom. The molecular weight excluding hydrogens is 313 g/mol. The SMILES string of the molecule is CC(C)CNC(=O)NC(=O)CN1CCOC(c2ccc(F)cc2)C1. The molecular formula is C17H24FN3O3. The van der Waals surface area contributed by atoms with Crippen LogP contribution in [-0.4, -0.2) is 49.6 Å². The molecule has 1 aromatic carbocycles. The standard InChI is InChI=1S/C17H24FN3O3/c1-12(2)9-19-17(23)20-16(22)11-21-7-8-24-15(10-21)13-3-5-14(18)6-4-13/h3-6,12,15H,7-11H2,1-2H3,(H2,19,20,22,23). The summed E-state index contributed by atoms with van der Waals surface area (Å²) in [5, 5.41) is 4.96. The summed E-state index contributed by atoms with van der Waals surface area (Å²) in [4.78, 5) is 25.5. The number of imide groups is 1. The van der Waals surface area contributed by atoms with E-state index >= 15 is 0 Å². The van der Waals surface area contributed by atoms with E-state index in [0.717, 1.165) is 5.56 Å². The molecule has 0 saturated carbocycles. The molecule has 24 heavy (non-hydrogen) atoms. The Hall–Kier alpha value is -1.99. The van der Waals surface area contributed by atoms with Crippen LogP contribution in [0.2, 0.25) is 0 Å². The van der Waals surface area contributed by atoms with Crippen LogP contribution in [0.1, 0.15) is 25.5 Å². The lowest BCUT2D eigenvalue weighted by atomic mass is 10.1. The minimum Gasteiger partial charge on any atom is -0.371 e. The smallest absolute Gasteiger partial charge is 0.321 e. The van der Waals surface area contributed by atoms with Crippen molar-refractivity contribution in [2.75, 3.05) is 32.8 Å². The highest BCUT2D eigenvalue weighted by molar-refractivity contribution is 5.95. The molecule has 1 aliphatic heterocycles. The molecule has 1 fully saturated rings. The second kappa shape index (κ2) is 8.75. The van der Waals surface area contributed by atoms with Crippen LogP contribution in [0.25, 0.3) is 0 Å². The lowest BCUT2D eigenvalue weighted by molar-refractivity contribution is -0.123. The number of amides is 3. The molecule has 0 bridgehead atoms. The fraction of sp³-hybridized carbons (Fsp3) is 0.529. The lowest BCUT2D eigenvalue weighted by Crippen LogP contribution is -2.48. The highest BCUT2D eigenvalue weighted by Crippen LogP contribution is 2.22. The van der Waals surface area contributed by atoms with Gasteiger partial charge in [-0.15, -0.1) is 0 Å². The van der Waals surface area contributed by atoms with Gasteiger partial charge >= 0.3 is 6.03 Å². The van der Waals surface area contributed by atoms with Crippen molar-refractivity contribution in [2.24, 2.45) is 5.92 Å². The molecule has 0 spiro atoms. The first-order valence-electron chi connectivity index (χ1n) is 8.11. The van der Waals surface area contributed by atoms with Gasteiger partial charge in [0, 0.05) is 19.6 Å². The van der Waals surface area contributed by atoms with Crippen LogP contribution in [0.5, 0.6) is 0 Å². The van der Waals surface area contributed by atoms with Gasteiger partial charge < -0.3 is 10.1 Å². The van der Waals surface area contributed by atoms with Gasteiger partial charge in [0.15, 0.2) is 0 Å². The number of carbonyl (C=O) groups is 2. The average Bonchev–Trinajstić information content (AvgIpc) is 2.53. The maximum atomic E-state index is 13.0. The van der Waals surface area contributed by atoms with Crippen molar-refractivity contribution < 1.29 is 18.7 Å². The molecule has 0 radical (unpaired) electrons. The number of nitrogens with zero attached hydrogens (tertiary/aromatic N) is 1. The molecule has 1 saturated heterocycles. The number of rotatable bonds is 5. The number of urea groups is 1. The summed E-state index contributed by atoms with van der Waals surface area (Å²) in [5.74, 6) is -0.323. The van der Waals surface area contributed by atoms with Crippen molar-refractivity contribution >= 4 is 11.9 Å². The zero-order valence-electron chi connectivity index (χ0n) is 14.0. The summed E-state index contributed by atoms with van der Waals surface area (Å²) in [6.07, 6.45) is -0.207. The Morgan fingerprint density at radius 3 is 2.71 bits per heavy atom. The zero-order chi connectivity index (χ0) is 17.5. The summed E-state index contributed by atoms with van der Waals surface area (Å²) >= 11 is 0. The fourth-order valence-corrected chi connectivity index (χ4v) is 2.44. The maximum Gasteiger partial charge on any atom is 0.321 e. The summed E-state index contributed by atoms with van der Waals surface area (Å²) in [6.45, 7) is 6.20. The van der Waals surface area contributed by atoms with Crippen LogP contribution in [0.3, 0.4) is 0 Å². The molecule has 1 aromatic rings. The summed E-state index contributed by atoms with van der Waals surface area (Å²) < 4.78 is 18.7. The maximum absolute atomic E-state index is 13.0. The van der Waals surface area contributed by atoms with Crippen LogP contribution >= 0.6 is 0 Å². The third-order valence-corrected chi connectivity index (χ3v) is 3.68. The van der Waals surface area contributed by atoms with Crippen molar-refractivity contribution in [2.45, 2.75) is 20.0 Å². The molecule has 132 valence electrons. The summed E-state index contributed by atoms with van der Waals surface area (Å²) in [7, 11) is 0. The van der Waals surface area contributed by atoms with E-state index in [1.807, 2.05) is 18.7 Å². The monoisotopic (exact) mass is 337 g/mol. The highest BCUT2D eigenvalue weighted by atomic mass is 19.1. The van der Waals surface area contributed by atoms with E-state index in [2.05, 4.69) is 10.6 Å². The molecule has 3 amide bonds. The second-order valence-corrected chi connectivity index (χ2v) is 6.30. The second-order valence-electron chi connectivity index (χ2n) is 6.30. The number of nitrogens with one attached hydrogen (secondary N) is 2. The predicted octanol–water partition coefficient (Wildman–Crippen LogP) is 1.68. The first kappa shape index (κ1) is 18.4. The Labute approximate surface area is 141 Å². The molecule has 2 N–H and O–H groups in total. The van der Waals surface area contributed by atoms with E-state index in [4.69, 9.17) is 4.74 Å². The van der Waals surface area contributed by atoms with Crippen LogP contribution < -0.4 is 10.6 Å². The Balaban J connectivity index is 1.80. The third-order valence-electron chi connectivity index (χ3n) is 3.68. The molecule has 0 aliphatic carbocycles. The largest absolute Gasteiger partial charge is 0.371 e. The van der Waals surface area contributed by atoms with Crippen LogP contribution in [0.15, 0.2) is 24.3 Å². The van der Waals surface area contributed by atoms with E-state index in [9.17, 15) is 14.0 Å².